The molecule has 2 rings (SSSR count). The number of unbranched alkanes of at least 4 members (excludes halogenated alkanes) is 1. The second-order valence-electron chi connectivity index (χ2n) is 4.72. The van der Waals surface area contributed by atoms with E-state index in [4.69, 9.17) is 17.3 Å². The van der Waals surface area contributed by atoms with Gasteiger partial charge in [-0.2, -0.15) is 0 Å². The van der Waals surface area contributed by atoms with E-state index in [0.29, 0.717) is 12.6 Å². The van der Waals surface area contributed by atoms with Crippen LogP contribution in [0.4, 0.5) is 5.69 Å². The highest BCUT2D eigenvalue weighted by molar-refractivity contribution is 6.31. The highest BCUT2D eigenvalue weighted by Gasteiger charge is 2.30. The van der Waals surface area contributed by atoms with Crippen molar-refractivity contribution in [2.75, 3.05) is 11.4 Å². The maximum Gasteiger partial charge on any atom is 0.0471 e. The van der Waals surface area contributed by atoms with E-state index >= 15 is 0 Å². The lowest BCUT2D eigenvalue weighted by molar-refractivity contribution is 0.709. The van der Waals surface area contributed by atoms with Crippen LogP contribution in [0.5, 0.6) is 0 Å². The third-order valence-electron chi connectivity index (χ3n) is 3.35. The fourth-order valence-electron chi connectivity index (χ4n) is 2.23. The first-order valence-corrected chi connectivity index (χ1v) is 6.89. The lowest BCUT2D eigenvalue weighted by Crippen LogP contribution is -2.28. The molecule has 2 N–H and O–H groups in total. The van der Waals surface area contributed by atoms with Crippen LogP contribution in [-0.4, -0.2) is 12.6 Å². The third-order valence-corrected chi connectivity index (χ3v) is 3.70. The summed E-state index contributed by atoms with van der Waals surface area (Å²) >= 11 is 6.23. The summed E-state index contributed by atoms with van der Waals surface area (Å²) in [6.45, 7) is 3.87. The molecular formula is C14H21ClN2. The molecule has 0 bridgehead atoms. The summed E-state index contributed by atoms with van der Waals surface area (Å²) < 4.78 is 0. The van der Waals surface area contributed by atoms with Crippen molar-refractivity contribution in [1.82, 2.24) is 0 Å². The molecule has 17 heavy (non-hydrogen) atoms. The van der Waals surface area contributed by atoms with Gasteiger partial charge in [0.25, 0.3) is 0 Å². The Kier molecular flexibility index (Phi) is 4.30. The zero-order chi connectivity index (χ0) is 12.3. The Morgan fingerprint density at radius 2 is 2.18 bits per heavy atom. The van der Waals surface area contributed by atoms with Gasteiger partial charge in [-0.1, -0.05) is 31.0 Å². The summed E-state index contributed by atoms with van der Waals surface area (Å²) in [5.74, 6) is 0. The van der Waals surface area contributed by atoms with Crippen LogP contribution in [0.25, 0.3) is 0 Å². The second-order valence-corrected chi connectivity index (χ2v) is 5.13. The van der Waals surface area contributed by atoms with Crippen molar-refractivity contribution in [2.24, 2.45) is 5.73 Å². The molecular weight excluding hydrogens is 232 g/mol. The molecule has 0 radical (unpaired) electrons. The molecule has 0 saturated heterocycles. The minimum absolute atomic E-state index is 0.518. The number of rotatable bonds is 6. The van der Waals surface area contributed by atoms with Gasteiger partial charge >= 0.3 is 0 Å². The summed E-state index contributed by atoms with van der Waals surface area (Å²) in [4.78, 5) is 2.50. The van der Waals surface area contributed by atoms with E-state index in [0.717, 1.165) is 17.1 Å². The minimum atomic E-state index is 0.518. The lowest BCUT2D eigenvalue weighted by atomic mass is 10.1. The molecule has 0 aliphatic heterocycles. The molecule has 0 amide bonds. The fraction of sp³-hybridized carbons (Fsp3) is 0.571. The van der Waals surface area contributed by atoms with Crippen LogP contribution >= 0.6 is 11.6 Å². The summed E-state index contributed by atoms with van der Waals surface area (Å²) in [6.07, 6.45) is 5.06. The quantitative estimate of drug-likeness (QED) is 0.839. The largest absolute Gasteiger partial charge is 0.368 e. The SMILES string of the molecule is CCCCN(c1cccc(Cl)c1CN)C1CC1. The topological polar surface area (TPSA) is 29.3 Å². The predicted octanol–water partition coefficient (Wildman–Crippen LogP) is 3.57. The first-order valence-electron chi connectivity index (χ1n) is 6.52. The van der Waals surface area contributed by atoms with Crippen molar-refractivity contribution in [3.05, 3.63) is 28.8 Å². The molecule has 3 heteroatoms. The molecule has 1 fully saturated rings. The van der Waals surface area contributed by atoms with Crippen molar-refractivity contribution in [3.63, 3.8) is 0 Å². The molecule has 1 aliphatic rings. The number of benzene rings is 1. The molecule has 0 atom stereocenters. The normalized spacial score (nSPS) is 15.0. The van der Waals surface area contributed by atoms with E-state index < -0.39 is 0 Å². The first kappa shape index (κ1) is 12.7. The Morgan fingerprint density at radius 3 is 2.76 bits per heavy atom. The molecule has 0 unspecified atom stereocenters. The number of halogens is 1. The minimum Gasteiger partial charge on any atom is -0.368 e. The van der Waals surface area contributed by atoms with Gasteiger partial charge in [-0.3, -0.25) is 0 Å². The van der Waals surface area contributed by atoms with Crippen molar-refractivity contribution in [3.8, 4) is 0 Å². The molecule has 1 aromatic rings. The van der Waals surface area contributed by atoms with E-state index in [9.17, 15) is 0 Å². The van der Waals surface area contributed by atoms with Crippen LogP contribution in [-0.2, 0) is 6.54 Å². The Morgan fingerprint density at radius 1 is 1.41 bits per heavy atom. The number of nitrogens with two attached hydrogens (primary N) is 1. The van der Waals surface area contributed by atoms with Crippen molar-refractivity contribution < 1.29 is 0 Å². The Hall–Kier alpha value is -0.730. The Bertz CT molecular complexity index is 374. The van der Waals surface area contributed by atoms with Crippen LogP contribution in [0.2, 0.25) is 5.02 Å². The number of nitrogens with zero attached hydrogens (tertiary/aromatic N) is 1. The van der Waals surface area contributed by atoms with Gasteiger partial charge in [-0.25, -0.2) is 0 Å². The summed E-state index contributed by atoms with van der Waals surface area (Å²) in [5, 5.41) is 0.798. The number of hydrogen-bond donors (Lipinski definition) is 1. The van der Waals surface area contributed by atoms with Crippen LogP contribution in [0.15, 0.2) is 18.2 Å². The van der Waals surface area contributed by atoms with Gasteiger partial charge < -0.3 is 10.6 Å². The van der Waals surface area contributed by atoms with Gasteiger partial charge in [0.2, 0.25) is 0 Å². The van der Waals surface area contributed by atoms with Crippen LogP contribution in [0, 0.1) is 0 Å². The second kappa shape index (κ2) is 5.74. The zero-order valence-electron chi connectivity index (χ0n) is 10.5. The molecule has 1 saturated carbocycles. The maximum absolute atomic E-state index is 6.23. The average Bonchev–Trinajstić information content (AvgIpc) is 3.14. The predicted molar refractivity (Wildman–Crippen MR) is 74.6 cm³/mol. The molecule has 1 aromatic carbocycles. The van der Waals surface area contributed by atoms with Crippen molar-refractivity contribution in [2.45, 2.75) is 45.2 Å². The van der Waals surface area contributed by atoms with E-state index in [2.05, 4.69) is 17.9 Å². The van der Waals surface area contributed by atoms with Gasteiger partial charge in [0, 0.05) is 35.4 Å². The van der Waals surface area contributed by atoms with Crippen molar-refractivity contribution >= 4 is 17.3 Å². The molecule has 1 aliphatic carbocycles. The molecule has 0 spiro atoms. The van der Waals surface area contributed by atoms with Crippen LogP contribution in [0.3, 0.4) is 0 Å². The van der Waals surface area contributed by atoms with Gasteiger partial charge in [0.1, 0.15) is 0 Å². The molecule has 94 valence electrons. The Balaban J connectivity index is 2.25. The van der Waals surface area contributed by atoms with Gasteiger partial charge in [-0.05, 0) is 31.4 Å². The molecule has 0 aromatic heterocycles. The van der Waals surface area contributed by atoms with E-state index in [1.165, 1.54) is 31.4 Å². The highest BCUT2D eigenvalue weighted by atomic mass is 35.5. The fourth-order valence-corrected chi connectivity index (χ4v) is 2.48. The average molecular weight is 253 g/mol. The van der Waals surface area contributed by atoms with Gasteiger partial charge in [0.05, 0.1) is 0 Å². The maximum atomic E-state index is 6.23. The summed E-state index contributed by atoms with van der Waals surface area (Å²) in [5.41, 5.74) is 8.17. The molecule has 2 nitrogen and oxygen atoms in total. The zero-order valence-corrected chi connectivity index (χ0v) is 11.2. The standard InChI is InChI=1S/C14H21ClN2/c1-2-3-9-17(11-7-8-11)14-6-4-5-13(15)12(14)10-16/h4-6,11H,2-3,7-10,16H2,1H3. The smallest absolute Gasteiger partial charge is 0.0471 e. The number of hydrogen-bond acceptors (Lipinski definition) is 2. The highest BCUT2D eigenvalue weighted by Crippen LogP contribution is 2.35. The monoisotopic (exact) mass is 252 g/mol. The first-order chi connectivity index (χ1) is 8.27. The van der Waals surface area contributed by atoms with Crippen LogP contribution in [0.1, 0.15) is 38.2 Å². The van der Waals surface area contributed by atoms with E-state index in [1.807, 2.05) is 12.1 Å². The third kappa shape index (κ3) is 2.93. The number of anilines is 1. The van der Waals surface area contributed by atoms with Crippen LogP contribution < -0.4 is 10.6 Å². The molecule has 0 heterocycles. The van der Waals surface area contributed by atoms with Gasteiger partial charge in [-0.15, -0.1) is 0 Å². The Labute approximate surface area is 109 Å². The van der Waals surface area contributed by atoms with Crippen molar-refractivity contribution in [1.29, 1.82) is 0 Å². The summed E-state index contributed by atoms with van der Waals surface area (Å²) in [6, 6.07) is 6.82. The lowest BCUT2D eigenvalue weighted by Gasteiger charge is -2.27. The van der Waals surface area contributed by atoms with Gasteiger partial charge in [0.15, 0.2) is 0 Å². The van der Waals surface area contributed by atoms with E-state index in [-0.39, 0.29) is 0 Å². The summed E-state index contributed by atoms with van der Waals surface area (Å²) in [7, 11) is 0. The van der Waals surface area contributed by atoms with E-state index in [1.54, 1.807) is 0 Å².